The fourth-order valence-corrected chi connectivity index (χ4v) is 7.05. The number of rotatable bonds is 6. The van der Waals surface area contributed by atoms with Crippen LogP contribution in [0.15, 0.2) is 71.6 Å². The number of hydrogen-bond acceptors (Lipinski definition) is 9. The van der Waals surface area contributed by atoms with Crippen LogP contribution in [0.2, 0.25) is 0 Å². The normalized spacial score (nSPS) is 20.0. The summed E-state index contributed by atoms with van der Waals surface area (Å²) >= 11 is 0. The molecule has 11 nitrogen and oxygen atoms in total. The Morgan fingerprint density at radius 1 is 1.00 bits per heavy atom. The van der Waals surface area contributed by atoms with Gasteiger partial charge in [-0.1, -0.05) is 18.2 Å². The second-order valence-electron chi connectivity index (χ2n) is 10.0. The average molecular weight is 586 g/mol. The van der Waals surface area contributed by atoms with Gasteiger partial charge >= 0.3 is 6.09 Å². The molecule has 42 heavy (non-hydrogen) atoms. The van der Waals surface area contributed by atoms with E-state index in [0.29, 0.717) is 24.2 Å². The SMILES string of the molecule is COc1ccccc1C1(N2CCC[C@@H]2OC(=O)N(C)C)C(=O)N(S(=O)(=O)c2ccc(C#N)cc2)c2ccc(C#N)cc21. The monoisotopic (exact) mass is 585 g/mol. The highest BCUT2D eigenvalue weighted by Crippen LogP contribution is 2.54. The van der Waals surface area contributed by atoms with Crippen LogP contribution >= 0.6 is 0 Å². The van der Waals surface area contributed by atoms with Crippen LogP contribution < -0.4 is 9.04 Å². The van der Waals surface area contributed by atoms with E-state index in [-0.39, 0.29) is 33.8 Å². The van der Waals surface area contributed by atoms with Gasteiger partial charge in [-0.05, 0) is 61.4 Å². The van der Waals surface area contributed by atoms with Gasteiger partial charge in [-0.15, -0.1) is 0 Å². The van der Waals surface area contributed by atoms with E-state index < -0.39 is 33.8 Å². The molecule has 0 aliphatic carbocycles. The minimum absolute atomic E-state index is 0.0545. The molecule has 214 valence electrons. The maximum absolute atomic E-state index is 15.0. The van der Waals surface area contributed by atoms with Crippen LogP contribution in [0.1, 0.15) is 35.1 Å². The zero-order valence-corrected chi connectivity index (χ0v) is 24.0. The number of carbonyl (C=O) groups is 2. The molecule has 0 spiro atoms. The minimum atomic E-state index is -4.52. The topological polar surface area (TPSA) is 144 Å². The molecule has 2 amide bonds. The maximum atomic E-state index is 15.0. The summed E-state index contributed by atoms with van der Waals surface area (Å²) < 4.78 is 40.7. The van der Waals surface area contributed by atoms with Gasteiger partial charge in [0.05, 0.1) is 41.0 Å². The van der Waals surface area contributed by atoms with E-state index in [1.54, 1.807) is 43.3 Å². The van der Waals surface area contributed by atoms with E-state index in [2.05, 4.69) is 6.07 Å². The van der Waals surface area contributed by atoms with Gasteiger partial charge in [-0.3, -0.25) is 4.79 Å². The van der Waals surface area contributed by atoms with Crippen LogP contribution in [-0.2, 0) is 25.1 Å². The van der Waals surface area contributed by atoms with Gasteiger partial charge in [0, 0.05) is 31.8 Å². The van der Waals surface area contributed by atoms with Crippen molar-refractivity contribution >= 4 is 27.7 Å². The number of benzene rings is 3. The lowest BCUT2D eigenvalue weighted by molar-refractivity contribution is -0.132. The van der Waals surface area contributed by atoms with Gasteiger partial charge in [-0.2, -0.15) is 10.5 Å². The third kappa shape index (κ3) is 4.33. The molecule has 0 aromatic heterocycles. The fourth-order valence-electron chi connectivity index (χ4n) is 5.59. The quantitative estimate of drug-likeness (QED) is 0.424. The Hall–Kier alpha value is -4.91. The van der Waals surface area contributed by atoms with E-state index in [0.717, 1.165) is 4.31 Å². The number of methoxy groups -OCH3 is 1. The summed E-state index contributed by atoms with van der Waals surface area (Å²) in [5.74, 6) is -0.532. The van der Waals surface area contributed by atoms with Crippen molar-refractivity contribution in [1.29, 1.82) is 10.5 Å². The summed E-state index contributed by atoms with van der Waals surface area (Å²) in [4.78, 5) is 30.5. The molecule has 3 aromatic rings. The third-order valence-corrected chi connectivity index (χ3v) is 9.19. The lowest BCUT2D eigenvalue weighted by atomic mass is 9.81. The molecular formula is C30H27N5O6S. The van der Waals surface area contributed by atoms with Crippen LogP contribution in [0.4, 0.5) is 10.5 Å². The number of carbonyl (C=O) groups excluding carboxylic acids is 2. The Balaban J connectivity index is 1.82. The van der Waals surface area contributed by atoms with Crippen molar-refractivity contribution in [1.82, 2.24) is 9.80 Å². The predicted molar refractivity (Wildman–Crippen MR) is 151 cm³/mol. The number of nitriles is 2. The number of sulfonamides is 1. The van der Waals surface area contributed by atoms with E-state index in [4.69, 9.17) is 9.47 Å². The molecule has 0 radical (unpaired) electrons. The Morgan fingerprint density at radius 3 is 2.31 bits per heavy atom. The Bertz CT molecular complexity index is 1760. The van der Waals surface area contributed by atoms with Crippen LogP contribution in [0.25, 0.3) is 0 Å². The second-order valence-corrected chi connectivity index (χ2v) is 11.8. The van der Waals surface area contributed by atoms with Crippen molar-refractivity contribution < 1.29 is 27.5 Å². The first kappa shape index (κ1) is 28.6. The lowest BCUT2D eigenvalue weighted by Gasteiger charge is -2.41. The van der Waals surface area contributed by atoms with E-state index >= 15 is 4.79 Å². The Labute approximate surface area is 243 Å². The number of fused-ring (bicyclic) bond motifs is 1. The van der Waals surface area contributed by atoms with Gasteiger partial charge < -0.3 is 14.4 Å². The number of ether oxygens (including phenoxy) is 2. The van der Waals surface area contributed by atoms with Gasteiger partial charge in [0.2, 0.25) is 0 Å². The maximum Gasteiger partial charge on any atom is 0.410 e. The summed E-state index contributed by atoms with van der Waals surface area (Å²) in [5.41, 5.74) is -0.757. The van der Waals surface area contributed by atoms with Crippen molar-refractivity contribution in [3.8, 4) is 17.9 Å². The molecule has 3 aromatic carbocycles. The first-order valence-corrected chi connectivity index (χ1v) is 14.5. The molecule has 12 heteroatoms. The van der Waals surface area contributed by atoms with Crippen molar-refractivity contribution in [2.75, 3.05) is 32.1 Å². The zero-order chi connectivity index (χ0) is 30.2. The molecule has 0 N–H and O–H groups in total. The van der Waals surface area contributed by atoms with E-state index in [9.17, 15) is 23.7 Å². The highest BCUT2D eigenvalue weighted by atomic mass is 32.2. The molecule has 1 unspecified atom stereocenters. The smallest absolute Gasteiger partial charge is 0.410 e. The van der Waals surface area contributed by atoms with E-state index in [1.807, 2.05) is 6.07 Å². The van der Waals surface area contributed by atoms with Crippen molar-refractivity contribution in [2.45, 2.75) is 29.5 Å². The van der Waals surface area contributed by atoms with Crippen molar-refractivity contribution in [2.24, 2.45) is 0 Å². The lowest BCUT2D eigenvalue weighted by Crippen LogP contribution is -2.57. The summed E-state index contributed by atoms with van der Waals surface area (Å²) in [6.07, 6.45) is -0.588. The number of hydrogen-bond donors (Lipinski definition) is 0. The van der Waals surface area contributed by atoms with E-state index in [1.165, 1.54) is 54.5 Å². The van der Waals surface area contributed by atoms with Crippen LogP contribution in [-0.4, -0.2) is 64.2 Å². The van der Waals surface area contributed by atoms with Crippen LogP contribution in [0.3, 0.4) is 0 Å². The minimum Gasteiger partial charge on any atom is -0.496 e. The first-order valence-electron chi connectivity index (χ1n) is 13.0. The largest absolute Gasteiger partial charge is 0.496 e. The first-order chi connectivity index (χ1) is 20.1. The van der Waals surface area contributed by atoms with Gasteiger partial charge in [0.15, 0.2) is 11.8 Å². The fraction of sp³-hybridized carbons (Fsp3) is 0.267. The number of para-hydroxylation sites is 1. The second kappa shape index (κ2) is 10.8. The highest BCUT2D eigenvalue weighted by molar-refractivity contribution is 7.93. The summed E-state index contributed by atoms with van der Waals surface area (Å²) in [7, 11) is 0.00267. The number of nitrogens with zero attached hydrogens (tertiary/aromatic N) is 5. The zero-order valence-electron chi connectivity index (χ0n) is 23.1. The highest BCUT2D eigenvalue weighted by Gasteiger charge is 2.62. The molecule has 0 bridgehead atoms. The van der Waals surface area contributed by atoms with Crippen molar-refractivity contribution in [3.63, 3.8) is 0 Å². The number of likely N-dealkylation sites (tertiary alicyclic amines) is 1. The summed E-state index contributed by atoms with van der Waals surface area (Å²) in [5, 5.41) is 19.0. The predicted octanol–water partition coefficient (Wildman–Crippen LogP) is 3.54. The molecule has 5 rings (SSSR count). The molecule has 2 atom stereocenters. The Kier molecular flexibility index (Phi) is 7.37. The number of anilines is 1. The Morgan fingerprint density at radius 2 is 1.67 bits per heavy atom. The average Bonchev–Trinajstić information content (AvgIpc) is 3.56. The molecular weight excluding hydrogens is 558 g/mol. The third-order valence-electron chi connectivity index (χ3n) is 7.48. The molecule has 2 aliphatic heterocycles. The molecule has 2 aliphatic rings. The van der Waals surface area contributed by atoms with Gasteiger partial charge in [-0.25, -0.2) is 22.4 Å². The summed E-state index contributed by atoms with van der Waals surface area (Å²) in [6.45, 7) is 0.274. The van der Waals surface area contributed by atoms with Crippen molar-refractivity contribution in [3.05, 3.63) is 89.0 Å². The number of amides is 2. The summed E-state index contributed by atoms with van der Waals surface area (Å²) in [6, 6.07) is 20.4. The van der Waals surface area contributed by atoms with Crippen LogP contribution in [0, 0.1) is 22.7 Å². The molecule has 1 fully saturated rings. The molecule has 1 saturated heterocycles. The molecule has 2 heterocycles. The molecule has 0 saturated carbocycles. The van der Waals surface area contributed by atoms with Crippen LogP contribution in [0.5, 0.6) is 5.75 Å². The standard InChI is InChI=1S/C30H27N5O6S/c1-33(2)29(37)41-27-9-6-16-34(27)30(23-7-4-5-8-26(23)40-3)24-17-21(19-32)12-15-25(24)35(28(30)36)42(38,39)22-13-10-20(18-31)11-14-22/h4-5,7-8,10-15,17,27H,6,9,16H2,1-3H3/t27-,30?/m0/s1. The van der Waals surface area contributed by atoms with Gasteiger partial charge in [0.25, 0.3) is 15.9 Å². The van der Waals surface area contributed by atoms with Gasteiger partial charge in [0.1, 0.15) is 5.75 Å².